The Morgan fingerprint density at radius 3 is 2.41 bits per heavy atom. The number of H-pyrrole nitrogens is 1. The molecule has 1 aliphatic heterocycles. The van der Waals surface area contributed by atoms with Crippen LogP contribution in [0.4, 0.5) is 14.6 Å². The topological polar surface area (TPSA) is 60.9 Å². The molecule has 6 nitrogen and oxygen atoms in total. The zero-order chi connectivity index (χ0) is 22.3. The van der Waals surface area contributed by atoms with Crippen LogP contribution in [0.5, 0.6) is 0 Å². The Bertz CT molecular complexity index is 1060. The van der Waals surface area contributed by atoms with Gasteiger partial charge in [-0.2, -0.15) is 5.10 Å². The van der Waals surface area contributed by atoms with Gasteiger partial charge < -0.3 is 9.80 Å². The molecule has 2 unspecified atom stereocenters. The maximum Gasteiger partial charge on any atom is 0.168 e. The van der Waals surface area contributed by atoms with Crippen molar-refractivity contribution in [2.45, 2.75) is 38.8 Å². The highest BCUT2D eigenvalue weighted by Gasteiger charge is 2.41. The lowest BCUT2D eigenvalue weighted by Crippen LogP contribution is -2.59. The molecule has 32 heavy (non-hydrogen) atoms. The van der Waals surface area contributed by atoms with E-state index in [9.17, 15) is 8.78 Å². The molecule has 0 saturated carbocycles. The largest absolute Gasteiger partial charge is 0.355 e. The Balaban J connectivity index is 0.00000289. The lowest BCUT2D eigenvalue weighted by Gasteiger charge is -2.51. The first-order valence-electron chi connectivity index (χ1n) is 10.5. The van der Waals surface area contributed by atoms with Gasteiger partial charge in [-0.1, -0.05) is 13.0 Å². The molecular formula is C23H29ClF2N6. The second-order valence-electron chi connectivity index (χ2n) is 8.88. The summed E-state index contributed by atoms with van der Waals surface area (Å²) in [5.41, 5.74) is 1.09. The molecule has 0 radical (unpaired) electrons. The average molecular weight is 463 g/mol. The molecule has 0 spiro atoms. The van der Waals surface area contributed by atoms with Gasteiger partial charge in [0, 0.05) is 48.1 Å². The molecule has 2 atom stereocenters. The molecular weight excluding hydrogens is 434 g/mol. The van der Waals surface area contributed by atoms with E-state index in [2.05, 4.69) is 58.0 Å². The number of aromatic amines is 1. The third-order valence-electron chi connectivity index (χ3n) is 7.11. The molecule has 3 heterocycles. The van der Waals surface area contributed by atoms with Crippen molar-refractivity contribution in [2.75, 3.05) is 25.5 Å². The monoisotopic (exact) mass is 462 g/mol. The maximum atomic E-state index is 14.8. The number of piperidine rings is 1. The predicted octanol–water partition coefficient (Wildman–Crippen LogP) is 4.79. The predicted molar refractivity (Wildman–Crippen MR) is 125 cm³/mol. The Kier molecular flexibility index (Phi) is 6.86. The average Bonchev–Trinajstić information content (AvgIpc) is 3.29. The fourth-order valence-electron chi connectivity index (χ4n) is 4.41. The molecule has 1 saturated heterocycles. The van der Waals surface area contributed by atoms with Gasteiger partial charge in [0.05, 0.1) is 11.9 Å². The summed E-state index contributed by atoms with van der Waals surface area (Å²) in [4.78, 5) is 4.54. The molecule has 0 aliphatic carbocycles. The lowest BCUT2D eigenvalue weighted by molar-refractivity contribution is 0.0391. The number of anilines is 1. The van der Waals surface area contributed by atoms with E-state index in [-0.39, 0.29) is 29.1 Å². The van der Waals surface area contributed by atoms with Crippen molar-refractivity contribution in [3.8, 4) is 22.4 Å². The van der Waals surface area contributed by atoms with Gasteiger partial charge in [0.25, 0.3) is 0 Å². The Labute approximate surface area is 193 Å². The highest BCUT2D eigenvalue weighted by molar-refractivity contribution is 5.85. The summed E-state index contributed by atoms with van der Waals surface area (Å²) in [5, 5.41) is 14.9. The van der Waals surface area contributed by atoms with Crippen molar-refractivity contribution in [3.63, 3.8) is 0 Å². The van der Waals surface area contributed by atoms with Gasteiger partial charge in [-0.15, -0.1) is 22.6 Å². The second-order valence-corrected chi connectivity index (χ2v) is 8.88. The number of nitrogens with one attached hydrogen (secondary N) is 1. The van der Waals surface area contributed by atoms with Crippen LogP contribution < -0.4 is 4.90 Å². The minimum absolute atomic E-state index is 0. The van der Waals surface area contributed by atoms with Crippen LogP contribution in [-0.4, -0.2) is 57.5 Å². The molecule has 1 fully saturated rings. The summed E-state index contributed by atoms with van der Waals surface area (Å²) in [6.45, 7) is 7.79. The van der Waals surface area contributed by atoms with E-state index >= 15 is 0 Å². The van der Waals surface area contributed by atoms with Gasteiger partial charge in [0.2, 0.25) is 0 Å². The van der Waals surface area contributed by atoms with Gasteiger partial charge in [0.15, 0.2) is 17.5 Å². The molecule has 1 aliphatic rings. The quantitative estimate of drug-likeness (QED) is 0.604. The van der Waals surface area contributed by atoms with Crippen LogP contribution in [0, 0.1) is 17.6 Å². The van der Waals surface area contributed by atoms with Crippen LogP contribution in [0.1, 0.15) is 27.2 Å². The molecule has 2 aromatic heterocycles. The Morgan fingerprint density at radius 2 is 1.78 bits per heavy atom. The first kappa shape index (κ1) is 24.1. The van der Waals surface area contributed by atoms with Crippen LogP contribution >= 0.6 is 12.4 Å². The molecule has 9 heteroatoms. The highest BCUT2D eigenvalue weighted by Crippen LogP contribution is 2.36. The van der Waals surface area contributed by atoms with Crippen LogP contribution in [0.15, 0.2) is 36.7 Å². The van der Waals surface area contributed by atoms with Crippen LogP contribution in [0.25, 0.3) is 22.4 Å². The second kappa shape index (κ2) is 9.11. The van der Waals surface area contributed by atoms with E-state index in [1.165, 1.54) is 24.5 Å². The van der Waals surface area contributed by atoms with Crippen LogP contribution in [-0.2, 0) is 0 Å². The van der Waals surface area contributed by atoms with Crippen molar-refractivity contribution < 1.29 is 8.78 Å². The molecule has 1 aromatic carbocycles. The lowest BCUT2D eigenvalue weighted by atomic mass is 9.77. The molecule has 1 N–H and O–H groups in total. The number of halogens is 3. The number of hydrogen-bond donors (Lipinski definition) is 1. The summed E-state index contributed by atoms with van der Waals surface area (Å²) in [6.07, 6.45) is 4.00. The zero-order valence-corrected chi connectivity index (χ0v) is 19.7. The number of likely N-dealkylation sites (tertiary alicyclic amines) is 1. The van der Waals surface area contributed by atoms with E-state index < -0.39 is 11.6 Å². The van der Waals surface area contributed by atoms with Crippen molar-refractivity contribution >= 4 is 18.2 Å². The van der Waals surface area contributed by atoms with Gasteiger partial charge >= 0.3 is 0 Å². The minimum atomic E-state index is -0.945. The molecule has 3 aromatic rings. The van der Waals surface area contributed by atoms with Gasteiger partial charge in [-0.3, -0.25) is 5.10 Å². The fourth-order valence-corrected chi connectivity index (χ4v) is 4.41. The first-order valence-corrected chi connectivity index (χ1v) is 10.5. The SMILES string of the molecule is CC1C(N(C)c2ccc(-c3ccc(-c4cn[nH]c4)c(F)c3F)nn2)CCN(C)C1(C)C.Cl. The number of nitrogens with zero attached hydrogens (tertiary/aromatic N) is 5. The van der Waals surface area contributed by atoms with Crippen molar-refractivity contribution in [1.29, 1.82) is 0 Å². The van der Waals surface area contributed by atoms with E-state index in [1.54, 1.807) is 6.07 Å². The van der Waals surface area contributed by atoms with E-state index in [1.807, 2.05) is 13.1 Å². The van der Waals surface area contributed by atoms with E-state index in [4.69, 9.17) is 0 Å². The third kappa shape index (κ3) is 4.09. The molecule has 172 valence electrons. The van der Waals surface area contributed by atoms with Crippen LogP contribution in [0.3, 0.4) is 0 Å². The number of aromatic nitrogens is 4. The van der Waals surface area contributed by atoms with Gasteiger partial charge in [-0.05, 0) is 51.4 Å². The van der Waals surface area contributed by atoms with Crippen LogP contribution in [0.2, 0.25) is 0 Å². The van der Waals surface area contributed by atoms with Crippen molar-refractivity contribution in [3.05, 3.63) is 48.3 Å². The smallest absolute Gasteiger partial charge is 0.168 e. The van der Waals surface area contributed by atoms with E-state index in [0.717, 1.165) is 18.8 Å². The van der Waals surface area contributed by atoms with Crippen molar-refractivity contribution in [1.82, 2.24) is 25.3 Å². The maximum absolute atomic E-state index is 14.8. The first-order chi connectivity index (χ1) is 14.7. The molecule has 0 amide bonds. The number of rotatable bonds is 4. The van der Waals surface area contributed by atoms with Gasteiger partial charge in [-0.25, -0.2) is 8.78 Å². The highest BCUT2D eigenvalue weighted by atomic mass is 35.5. The summed E-state index contributed by atoms with van der Waals surface area (Å²) >= 11 is 0. The Morgan fingerprint density at radius 1 is 1.09 bits per heavy atom. The number of hydrogen-bond acceptors (Lipinski definition) is 5. The normalized spacial score (nSPS) is 20.6. The van der Waals surface area contributed by atoms with Crippen molar-refractivity contribution in [2.24, 2.45) is 5.92 Å². The Hall–Kier alpha value is -2.58. The minimum Gasteiger partial charge on any atom is -0.355 e. The summed E-state index contributed by atoms with van der Waals surface area (Å²) in [5.74, 6) is -0.736. The molecule has 4 rings (SSSR count). The van der Waals surface area contributed by atoms with E-state index in [0.29, 0.717) is 23.2 Å². The molecule has 0 bridgehead atoms. The number of benzene rings is 1. The standard InChI is InChI=1S/C23H28F2N6.ClH/c1-14-19(10-11-30(4)23(14,2)3)31(5)20-9-8-18(28-29-20)17-7-6-16(21(24)22(17)25)15-12-26-27-13-15;/h6-9,12-14,19H,10-11H2,1-5H3,(H,26,27);1H. The third-order valence-corrected chi connectivity index (χ3v) is 7.11. The summed E-state index contributed by atoms with van der Waals surface area (Å²) in [7, 11) is 4.18. The van der Waals surface area contributed by atoms with Gasteiger partial charge in [0.1, 0.15) is 0 Å². The summed E-state index contributed by atoms with van der Waals surface area (Å²) < 4.78 is 29.4. The zero-order valence-electron chi connectivity index (χ0n) is 18.9. The summed E-state index contributed by atoms with van der Waals surface area (Å²) in [6, 6.07) is 6.88. The fraction of sp³-hybridized carbons (Fsp3) is 0.435.